The minimum atomic E-state index is -0.159. The fourth-order valence-electron chi connectivity index (χ4n) is 3.95. The molecule has 4 nitrogen and oxygen atoms in total. The number of pyridine rings is 1. The number of nitrogens with zero attached hydrogens (tertiary/aromatic N) is 3. The highest BCUT2D eigenvalue weighted by atomic mass is 16.5. The third-order valence-corrected chi connectivity index (χ3v) is 5.37. The summed E-state index contributed by atoms with van der Waals surface area (Å²) in [5.41, 5.74) is 9.11. The lowest BCUT2D eigenvalue weighted by atomic mass is 10.0. The fraction of sp³-hybridized carbons (Fsp3) is 0.231. The number of ether oxygens (including phenoxy) is 1. The van der Waals surface area contributed by atoms with Crippen molar-refractivity contribution in [3.8, 4) is 11.3 Å². The summed E-state index contributed by atoms with van der Waals surface area (Å²) in [4.78, 5) is 9.16. The Balaban J connectivity index is 1.62. The molecule has 0 aliphatic rings. The largest absolute Gasteiger partial charge is 0.370 e. The lowest BCUT2D eigenvalue weighted by Gasteiger charge is -2.19. The summed E-state index contributed by atoms with van der Waals surface area (Å²) in [5.74, 6) is 0. The molecule has 0 N–H and O–H groups in total. The molecule has 2 aromatic carbocycles. The minimum absolute atomic E-state index is 0.159. The molecule has 1 atom stereocenters. The van der Waals surface area contributed by atoms with Crippen molar-refractivity contribution in [2.24, 2.45) is 0 Å². The van der Waals surface area contributed by atoms with Gasteiger partial charge in [0.15, 0.2) is 0 Å². The molecule has 0 spiro atoms. The van der Waals surface area contributed by atoms with Crippen LogP contribution in [0.15, 0.2) is 73.3 Å². The van der Waals surface area contributed by atoms with E-state index < -0.39 is 0 Å². The molecule has 30 heavy (non-hydrogen) atoms. The average molecular weight is 398 g/mol. The number of rotatable bonds is 6. The number of imidazole rings is 1. The zero-order valence-electron chi connectivity index (χ0n) is 18.0. The van der Waals surface area contributed by atoms with Crippen LogP contribution in [-0.4, -0.2) is 21.6 Å². The van der Waals surface area contributed by atoms with Crippen molar-refractivity contribution in [1.29, 1.82) is 0 Å². The number of methoxy groups -OCH3 is 1. The molecule has 2 aromatic heterocycles. The number of aryl methyl sites for hydroxylation is 3. The Morgan fingerprint density at radius 2 is 1.70 bits per heavy atom. The maximum Gasteiger partial charge on any atom is 0.124 e. The Hall–Kier alpha value is -3.24. The third kappa shape index (κ3) is 4.19. The SMILES string of the molecule is COC(c1cccc(C)c1)c1cncn1Cc1cnc(-c2cccc(C)c2)c(C)c1. The molecule has 0 aliphatic heterocycles. The highest BCUT2D eigenvalue weighted by Gasteiger charge is 2.18. The number of hydrogen-bond donors (Lipinski definition) is 0. The van der Waals surface area contributed by atoms with Gasteiger partial charge in [-0.3, -0.25) is 4.98 Å². The van der Waals surface area contributed by atoms with Crippen LogP contribution in [0.3, 0.4) is 0 Å². The maximum absolute atomic E-state index is 5.85. The zero-order valence-corrected chi connectivity index (χ0v) is 18.0. The van der Waals surface area contributed by atoms with E-state index in [1.165, 1.54) is 16.7 Å². The van der Waals surface area contributed by atoms with Gasteiger partial charge in [0.2, 0.25) is 0 Å². The van der Waals surface area contributed by atoms with Crippen LogP contribution in [0.1, 0.15) is 39.6 Å². The number of benzene rings is 2. The quantitative estimate of drug-likeness (QED) is 0.422. The van der Waals surface area contributed by atoms with Crippen LogP contribution in [-0.2, 0) is 11.3 Å². The third-order valence-electron chi connectivity index (χ3n) is 5.37. The van der Waals surface area contributed by atoms with E-state index in [0.717, 1.165) is 28.1 Å². The molecule has 0 radical (unpaired) electrons. The first-order chi connectivity index (χ1) is 14.5. The van der Waals surface area contributed by atoms with E-state index in [1.54, 1.807) is 7.11 Å². The van der Waals surface area contributed by atoms with Crippen molar-refractivity contribution in [3.63, 3.8) is 0 Å². The van der Waals surface area contributed by atoms with Crippen LogP contribution in [0.4, 0.5) is 0 Å². The van der Waals surface area contributed by atoms with Gasteiger partial charge in [-0.05, 0) is 43.5 Å². The molecule has 0 bridgehead atoms. The van der Waals surface area contributed by atoms with Gasteiger partial charge >= 0.3 is 0 Å². The summed E-state index contributed by atoms with van der Waals surface area (Å²) < 4.78 is 7.99. The van der Waals surface area contributed by atoms with Gasteiger partial charge in [-0.2, -0.15) is 0 Å². The minimum Gasteiger partial charge on any atom is -0.370 e. The van der Waals surface area contributed by atoms with E-state index in [4.69, 9.17) is 9.72 Å². The fourth-order valence-corrected chi connectivity index (χ4v) is 3.95. The average Bonchev–Trinajstić information content (AvgIpc) is 3.16. The van der Waals surface area contributed by atoms with Crippen molar-refractivity contribution < 1.29 is 4.74 Å². The summed E-state index contributed by atoms with van der Waals surface area (Å²) in [6.45, 7) is 7.02. The number of aromatic nitrogens is 3. The lowest BCUT2D eigenvalue weighted by molar-refractivity contribution is 0.130. The van der Waals surface area contributed by atoms with E-state index in [-0.39, 0.29) is 6.10 Å². The van der Waals surface area contributed by atoms with Crippen LogP contribution in [0.2, 0.25) is 0 Å². The van der Waals surface area contributed by atoms with Crippen molar-refractivity contribution in [2.75, 3.05) is 7.11 Å². The van der Waals surface area contributed by atoms with Crippen LogP contribution in [0.5, 0.6) is 0 Å². The standard InChI is InChI=1S/C26H27N3O/c1-18-7-5-9-22(11-18)25-20(3)13-21(14-28-25)16-29-17-27-15-24(29)26(30-4)23-10-6-8-19(2)12-23/h5-15,17,26H,16H2,1-4H3. The first-order valence-electron chi connectivity index (χ1n) is 10.2. The van der Waals surface area contributed by atoms with Crippen molar-refractivity contribution in [1.82, 2.24) is 14.5 Å². The maximum atomic E-state index is 5.85. The Morgan fingerprint density at radius 1 is 0.933 bits per heavy atom. The highest BCUT2D eigenvalue weighted by Crippen LogP contribution is 2.27. The van der Waals surface area contributed by atoms with Gasteiger partial charge in [0.25, 0.3) is 0 Å². The summed E-state index contributed by atoms with van der Waals surface area (Å²) >= 11 is 0. The molecule has 0 aliphatic carbocycles. The smallest absolute Gasteiger partial charge is 0.124 e. The summed E-state index contributed by atoms with van der Waals surface area (Å²) in [6.07, 6.45) is 5.55. The van der Waals surface area contributed by atoms with Gasteiger partial charge in [0.1, 0.15) is 6.10 Å². The Kier molecular flexibility index (Phi) is 5.77. The van der Waals surface area contributed by atoms with E-state index >= 15 is 0 Å². The predicted molar refractivity (Wildman–Crippen MR) is 121 cm³/mol. The molecule has 0 saturated carbocycles. The molecular weight excluding hydrogens is 370 g/mol. The zero-order chi connectivity index (χ0) is 21.1. The summed E-state index contributed by atoms with van der Waals surface area (Å²) in [6, 6.07) is 19.1. The molecule has 152 valence electrons. The molecule has 0 amide bonds. The van der Waals surface area contributed by atoms with E-state index in [9.17, 15) is 0 Å². The van der Waals surface area contributed by atoms with Gasteiger partial charge in [-0.1, -0.05) is 59.7 Å². The second kappa shape index (κ2) is 8.64. The molecule has 1 unspecified atom stereocenters. The predicted octanol–water partition coefficient (Wildman–Crippen LogP) is 5.65. The Bertz CT molecular complexity index is 1160. The second-order valence-electron chi connectivity index (χ2n) is 7.85. The Morgan fingerprint density at radius 3 is 2.40 bits per heavy atom. The van der Waals surface area contributed by atoms with Crippen LogP contribution in [0.25, 0.3) is 11.3 Å². The number of hydrogen-bond acceptors (Lipinski definition) is 3. The molecule has 4 heteroatoms. The van der Waals surface area contributed by atoms with E-state index in [0.29, 0.717) is 6.54 Å². The molecule has 4 aromatic rings. The Labute approximate surface area is 178 Å². The molecular formula is C26H27N3O. The van der Waals surface area contributed by atoms with Crippen LogP contribution in [0, 0.1) is 20.8 Å². The first-order valence-corrected chi connectivity index (χ1v) is 10.2. The van der Waals surface area contributed by atoms with Gasteiger partial charge in [0.05, 0.1) is 30.5 Å². The van der Waals surface area contributed by atoms with E-state index in [2.05, 4.69) is 84.9 Å². The first kappa shape index (κ1) is 20.0. The van der Waals surface area contributed by atoms with Crippen molar-refractivity contribution in [2.45, 2.75) is 33.4 Å². The van der Waals surface area contributed by atoms with Crippen molar-refractivity contribution >= 4 is 0 Å². The van der Waals surface area contributed by atoms with Crippen LogP contribution >= 0.6 is 0 Å². The lowest BCUT2D eigenvalue weighted by Crippen LogP contribution is -2.11. The van der Waals surface area contributed by atoms with Gasteiger partial charge in [-0.25, -0.2) is 4.98 Å². The van der Waals surface area contributed by atoms with Crippen LogP contribution < -0.4 is 0 Å². The van der Waals surface area contributed by atoms with Crippen molar-refractivity contribution in [3.05, 3.63) is 107 Å². The topological polar surface area (TPSA) is 39.9 Å². The monoisotopic (exact) mass is 397 g/mol. The summed E-state index contributed by atoms with van der Waals surface area (Å²) in [7, 11) is 1.74. The second-order valence-corrected chi connectivity index (χ2v) is 7.85. The van der Waals surface area contributed by atoms with Gasteiger partial charge in [0, 0.05) is 18.9 Å². The molecule has 2 heterocycles. The van der Waals surface area contributed by atoms with Gasteiger partial charge < -0.3 is 9.30 Å². The molecule has 4 rings (SSSR count). The molecule has 0 saturated heterocycles. The molecule has 0 fully saturated rings. The normalized spacial score (nSPS) is 12.1. The highest BCUT2D eigenvalue weighted by molar-refractivity contribution is 5.63. The summed E-state index contributed by atoms with van der Waals surface area (Å²) in [5, 5.41) is 0. The van der Waals surface area contributed by atoms with Gasteiger partial charge in [-0.15, -0.1) is 0 Å². The van der Waals surface area contributed by atoms with E-state index in [1.807, 2.05) is 18.7 Å².